The average molecular weight is 86.1 g/mol. The molecule has 0 aliphatic carbocycles. The van der Waals surface area contributed by atoms with Crippen molar-refractivity contribution >= 4 is 5.96 Å². The minimum Gasteiger partial charge on any atom is -0.369 e. The molecule has 0 aliphatic rings. The molecule has 4 heteroatoms. The number of guanidine groups is 1. The molecule has 0 radical (unpaired) electrons. The van der Waals surface area contributed by atoms with E-state index >= 15 is 0 Å². The fourth-order valence-electron chi connectivity index (χ4n) is 0.0577. The van der Waals surface area contributed by atoms with Crippen molar-refractivity contribution in [3.8, 4) is 6.19 Å². The molecule has 0 aromatic heterocycles. The summed E-state index contributed by atoms with van der Waals surface area (Å²) in [5.41, 5.74) is 9.42. The Morgan fingerprint density at radius 2 is 2.17 bits per heavy atom. The summed E-state index contributed by atoms with van der Waals surface area (Å²) in [5, 5.41) is 7.64. The zero-order chi connectivity index (χ0) is 4.99. The molecule has 4 nitrogen and oxygen atoms in total. The summed E-state index contributed by atoms with van der Waals surface area (Å²) >= 11 is 0. The largest absolute Gasteiger partial charge is 0.369 e. The molecule has 0 amide bonds. The monoisotopic (exact) mass is 86.1 g/mol. The van der Waals surface area contributed by atoms with Crippen LogP contribution in [0.15, 0.2) is 4.99 Å². The van der Waals surface area contributed by atoms with Crippen LogP contribution in [-0.4, -0.2) is 5.96 Å². The molecule has 0 saturated carbocycles. The van der Waals surface area contributed by atoms with Crippen LogP contribution in [0, 0.1) is 11.5 Å². The van der Waals surface area contributed by atoms with Crippen molar-refractivity contribution in [1.82, 2.24) is 0 Å². The SMILES string of the molecule is N#[13C]N=[13C](N)N. The van der Waals surface area contributed by atoms with Gasteiger partial charge in [0.1, 0.15) is 0 Å². The van der Waals surface area contributed by atoms with E-state index in [0.29, 0.717) is 0 Å². The number of nitriles is 1. The summed E-state index contributed by atoms with van der Waals surface area (Å²) in [6.45, 7) is 0. The second-order valence-electron chi connectivity index (χ2n) is 0.637. The maximum absolute atomic E-state index is 7.64. The summed E-state index contributed by atoms with van der Waals surface area (Å²) in [7, 11) is 0. The van der Waals surface area contributed by atoms with Gasteiger partial charge in [-0.05, 0) is 0 Å². The van der Waals surface area contributed by atoms with Crippen LogP contribution < -0.4 is 11.5 Å². The average Bonchev–Trinajstić information content (AvgIpc) is 1.35. The van der Waals surface area contributed by atoms with Crippen molar-refractivity contribution in [3.05, 3.63) is 0 Å². The lowest BCUT2D eigenvalue weighted by molar-refractivity contribution is 1.39. The summed E-state index contributed by atoms with van der Waals surface area (Å²) < 4.78 is 0. The van der Waals surface area contributed by atoms with Crippen molar-refractivity contribution in [2.24, 2.45) is 16.5 Å². The number of rotatable bonds is 0. The van der Waals surface area contributed by atoms with Crippen molar-refractivity contribution in [1.29, 1.82) is 5.26 Å². The molecular weight excluding hydrogens is 82.0 g/mol. The van der Waals surface area contributed by atoms with Crippen LogP contribution in [0.5, 0.6) is 0 Å². The van der Waals surface area contributed by atoms with E-state index in [2.05, 4.69) is 4.99 Å². The fraction of sp³-hybridized carbons (Fsp3) is 0. The highest BCUT2D eigenvalue weighted by molar-refractivity contribution is 5.76. The smallest absolute Gasteiger partial charge is 0.209 e. The first-order valence-electron chi connectivity index (χ1n) is 1.25. The lowest BCUT2D eigenvalue weighted by Crippen LogP contribution is -2.21. The van der Waals surface area contributed by atoms with E-state index < -0.39 is 0 Å². The third-order valence-corrected chi connectivity index (χ3v) is 0.179. The standard InChI is InChI=1S/C2H4N4/c3-1-6-2(4)5/h(H4,4,5,6)/i1+1,2+1. The van der Waals surface area contributed by atoms with E-state index in [-0.39, 0.29) is 5.96 Å². The Bertz CT molecular complexity index is 92.6. The molecule has 0 unspecified atom stereocenters. The highest BCUT2D eigenvalue weighted by Gasteiger charge is 1.67. The predicted octanol–water partition coefficient (Wildman–Crippen LogP) is -1.26. The van der Waals surface area contributed by atoms with Crippen molar-refractivity contribution < 1.29 is 0 Å². The zero-order valence-electron chi connectivity index (χ0n) is 3.05. The summed E-state index contributed by atoms with van der Waals surface area (Å²) in [6, 6.07) is 0. The molecule has 0 rings (SSSR count). The number of hydrogen-bond donors (Lipinski definition) is 2. The third-order valence-electron chi connectivity index (χ3n) is 0.179. The van der Waals surface area contributed by atoms with Crippen LogP contribution >= 0.6 is 0 Å². The van der Waals surface area contributed by atoms with Gasteiger partial charge in [0.15, 0.2) is 0 Å². The molecule has 0 spiro atoms. The van der Waals surface area contributed by atoms with Crippen LogP contribution in [0.3, 0.4) is 0 Å². The highest BCUT2D eigenvalue weighted by Crippen LogP contribution is 1.49. The van der Waals surface area contributed by atoms with E-state index in [1.54, 1.807) is 0 Å². The van der Waals surface area contributed by atoms with Gasteiger partial charge in [-0.15, -0.1) is 4.99 Å². The van der Waals surface area contributed by atoms with E-state index in [1.165, 1.54) is 6.19 Å². The Hall–Kier alpha value is -1.24. The van der Waals surface area contributed by atoms with E-state index in [1.807, 2.05) is 0 Å². The van der Waals surface area contributed by atoms with Gasteiger partial charge < -0.3 is 11.5 Å². The number of hydrogen-bond acceptors (Lipinski definition) is 2. The lowest BCUT2D eigenvalue weighted by Gasteiger charge is -1.74. The minimum absolute atomic E-state index is 0.197. The first-order chi connectivity index (χ1) is 2.77. The Labute approximate surface area is 35.1 Å². The molecule has 0 heterocycles. The van der Waals surface area contributed by atoms with E-state index in [4.69, 9.17) is 16.7 Å². The van der Waals surface area contributed by atoms with E-state index in [0.717, 1.165) is 0 Å². The molecular formula is C2H4N4. The molecule has 0 aromatic rings. The highest BCUT2D eigenvalue weighted by atomic mass is 15.3. The molecule has 0 aliphatic heterocycles. The Kier molecular flexibility index (Phi) is 1.61. The Morgan fingerprint density at radius 1 is 1.67 bits per heavy atom. The molecule has 0 aromatic carbocycles. The summed E-state index contributed by atoms with van der Waals surface area (Å²) in [4.78, 5) is 2.90. The second-order valence-corrected chi connectivity index (χ2v) is 0.637. The molecule has 0 atom stereocenters. The second kappa shape index (κ2) is 2.03. The number of aliphatic imine (C=N–C) groups is 1. The molecule has 32 valence electrons. The van der Waals surface area contributed by atoms with Crippen molar-refractivity contribution in [2.45, 2.75) is 0 Å². The van der Waals surface area contributed by atoms with Crippen molar-refractivity contribution in [3.63, 3.8) is 0 Å². The normalized spacial score (nSPS) is 5.83. The molecule has 4 N–H and O–H groups in total. The lowest BCUT2D eigenvalue weighted by atomic mass is 11.7. The van der Waals surface area contributed by atoms with Gasteiger partial charge in [-0.2, -0.15) is 5.26 Å². The van der Waals surface area contributed by atoms with Gasteiger partial charge in [-0.3, -0.25) is 0 Å². The number of nitrogens with zero attached hydrogens (tertiary/aromatic N) is 2. The Balaban J connectivity index is 3.51. The van der Waals surface area contributed by atoms with Crippen LogP contribution in [0.4, 0.5) is 0 Å². The Morgan fingerprint density at radius 3 is 2.17 bits per heavy atom. The van der Waals surface area contributed by atoms with Gasteiger partial charge in [0.25, 0.3) is 0 Å². The third kappa shape index (κ3) is 2.76. The molecule has 0 fully saturated rings. The fourth-order valence-corrected chi connectivity index (χ4v) is 0.0577. The first kappa shape index (κ1) is 4.76. The molecule has 6 heavy (non-hydrogen) atoms. The van der Waals surface area contributed by atoms with Crippen LogP contribution in [0.1, 0.15) is 0 Å². The maximum Gasteiger partial charge on any atom is 0.209 e. The van der Waals surface area contributed by atoms with Crippen molar-refractivity contribution in [2.75, 3.05) is 0 Å². The predicted molar refractivity (Wildman–Crippen MR) is 21.4 cm³/mol. The molecule has 0 saturated heterocycles. The first-order valence-corrected chi connectivity index (χ1v) is 1.25. The van der Waals surface area contributed by atoms with Gasteiger partial charge in [-0.1, -0.05) is 0 Å². The van der Waals surface area contributed by atoms with Gasteiger partial charge >= 0.3 is 0 Å². The number of nitrogens with two attached hydrogens (primary N) is 2. The topological polar surface area (TPSA) is 88.2 Å². The van der Waals surface area contributed by atoms with Gasteiger partial charge in [0, 0.05) is 0 Å². The summed E-state index contributed by atoms with van der Waals surface area (Å²) in [6.07, 6.45) is 1.41. The zero-order valence-corrected chi connectivity index (χ0v) is 3.05. The van der Waals surface area contributed by atoms with Crippen LogP contribution in [-0.2, 0) is 0 Å². The van der Waals surface area contributed by atoms with Crippen LogP contribution in [0.2, 0.25) is 0 Å². The van der Waals surface area contributed by atoms with Gasteiger partial charge in [-0.25, -0.2) is 0 Å². The summed E-state index contributed by atoms with van der Waals surface area (Å²) in [5.74, 6) is -0.197. The minimum atomic E-state index is -0.197. The molecule has 0 bridgehead atoms. The van der Waals surface area contributed by atoms with Gasteiger partial charge in [0.05, 0.1) is 0 Å². The quantitative estimate of drug-likeness (QED) is 0.167. The van der Waals surface area contributed by atoms with Crippen LogP contribution in [0.25, 0.3) is 0 Å². The maximum atomic E-state index is 7.64. The van der Waals surface area contributed by atoms with Gasteiger partial charge in [0.2, 0.25) is 12.2 Å². The van der Waals surface area contributed by atoms with E-state index in [9.17, 15) is 0 Å².